The first kappa shape index (κ1) is 23.0. The predicted octanol–water partition coefficient (Wildman–Crippen LogP) is 7.52. The molecule has 0 aromatic heterocycles. The maximum atomic E-state index is 12.9. The van der Waals surface area contributed by atoms with E-state index in [2.05, 4.69) is 69.3 Å². The molecule has 0 aliphatic heterocycles. The van der Waals surface area contributed by atoms with Gasteiger partial charge in [-0.15, -0.1) is 0 Å². The van der Waals surface area contributed by atoms with Crippen LogP contribution in [0.2, 0.25) is 0 Å². The zero-order valence-corrected chi connectivity index (χ0v) is 20.5. The highest BCUT2D eigenvalue weighted by Gasteiger charge is 2.26. The van der Waals surface area contributed by atoms with Crippen molar-refractivity contribution in [1.29, 1.82) is 0 Å². The predicted molar refractivity (Wildman–Crippen MR) is 136 cm³/mol. The molecule has 0 radical (unpaired) electrons. The standard InChI is InChI=1S/C30H30O2S/c1-5-30(4,26-14-6-22(2)7-15-26)27-16-10-24(11-17-27)25-12-20-29(21-13-25)33(31,32)28-18-8-23(3)9-19-28/h6-21H,5H2,1-4H3. The fourth-order valence-electron chi connectivity index (χ4n) is 4.21. The summed E-state index contributed by atoms with van der Waals surface area (Å²) in [5, 5.41) is 0. The Kier molecular flexibility index (Phi) is 6.27. The van der Waals surface area contributed by atoms with Crippen LogP contribution in [0.5, 0.6) is 0 Å². The smallest absolute Gasteiger partial charge is 0.206 e. The third-order valence-corrected chi connectivity index (χ3v) is 8.53. The van der Waals surface area contributed by atoms with Gasteiger partial charge in [0.15, 0.2) is 0 Å². The van der Waals surface area contributed by atoms with E-state index in [9.17, 15) is 8.42 Å². The molecule has 0 saturated carbocycles. The van der Waals surface area contributed by atoms with Crippen LogP contribution in [0.15, 0.2) is 107 Å². The highest BCUT2D eigenvalue weighted by atomic mass is 32.2. The second kappa shape index (κ2) is 8.99. The lowest BCUT2D eigenvalue weighted by molar-refractivity contribution is 0.550. The van der Waals surface area contributed by atoms with Gasteiger partial charge in [-0.1, -0.05) is 97.8 Å². The van der Waals surface area contributed by atoms with Crippen molar-refractivity contribution in [2.75, 3.05) is 0 Å². The second-order valence-corrected chi connectivity index (χ2v) is 10.9. The molecule has 1 unspecified atom stereocenters. The number of benzene rings is 4. The highest BCUT2D eigenvalue weighted by molar-refractivity contribution is 7.91. The normalized spacial score (nSPS) is 13.5. The first-order valence-corrected chi connectivity index (χ1v) is 12.8. The maximum Gasteiger partial charge on any atom is 0.206 e. The van der Waals surface area contributed by atoms with E-state index in [1.807, 2.05) is 31.2 Å². The van der Waals surface area contributed by atoms with Crippen LogP contribution in [0.25, 0.3) is 11.1 Å². The Bertz CT molecular complexity index is 1330. The van der Waals surface area contributed by atoms with Crippen molar-refractivity contribution in [3.8, 4) is 11.1 Å². The average molecular weight is 455 g/mol. The van der Waals surface area contributed by atoms with Crippen LogP contribution < -0.4 is 0 Å². The number of rotatable bonds is 6. The molecule has 0 fully saturated rings. The zero-order valence-electron chi connectivity index (χ0n) is 19.7. The lowest BCUT2D eigenvalue weighted by Crippen LogP contribution is -2.22. The lowest BCUT2D eigenvalue weighted by atomic mass is 9.74. The monoisotopic (exact) mass is 454 g/mol. The van der Waals surface area contributed by atoms with Crippen LogP contribution >= 0.6 is 0 Å². The van der Waals surface area contributed by atoms with E-state index in [1.54, 1.807) is 24.3 Å². The minimum Gasteiger partial charge on any atom is -0.219 e. The van der Waals surface area contributed by atoms with Crippen molar-refractivity contribution in [1.82, 2.24) is 0 Å². The third-order valence-electron chi connectivity index (χ3n) is 6.75. The van der Waals surface area contributed by atoms with Crippen molar-refractivity contribution < 1.29 is 8.42 Å². The second-order valence-electron chi connectivity index (χ2n) is 8.97. The van der Waals surface area contributed by atoms with Crippen LogP contribution in [0.1, 0.15) is 42.5 Å². The molecule has 0 aliphatic carbocycles. The van der Waals surface area contributed by atoms with Gasteiger partial charge in [0.05, 0.1) is 9.79 Å². The van der Waals surface area contributed by atoms with E-state index >= 15 is 0 Å². The molecule has 4 aromatic rings. The van der Waals surface area contributed by atoms with E-state index in [1.165, 1.54) is 16.7 Å². The minimum absolute atomic E-state index is 0.0573. The quantitative estimate of drug-likeness (QED) is 0.302. The Morgan fingerprint density at radius 3 is 1.33 bits per heavy atom. The Balaban J connectivity index is 1.60. The van der Waals surface area contributed by atoms with Crippen molar-refractivity contribution in [3.05, 3.63) is 119 Å². The lowest BCUT2D eigenvalue weighted by Gasteiger charge is -2.30. The van der Waals surface area contributed by atoms with Crippen molar-refractivity contribution >= 4 is 9.84 Å². The van der Waals surface area contributed by atoms with E-state index in [0.29, 0.717) is 9.79 Å². The van der Waals surface area contributed by atoms with Gasteiger partial charge in [-0.25, -0.2) is 8.42 Å². The molecule has 0 aliphatic rings. The summed E-state index contributed by atoms with van der Waals surface area (Å²) in [6.45, 7) is 8.57. The largest absolute Gasteiger partial charge is 0.219 e. The topological polar surface area (TPSA) is 34.1 Å². The molecule has 33 heavy (non-hydrogen) atoms. The number of sulfone groups is 1. The Morgan fingerprint density at radius 1 is 0.576 bits per heavy atom. The van der Waals surface area contributed by atoms with Gasteiger partial charge in [0, 0.05) is 5.41 Å². The summed E-state index contributed by atoms with van der Waals surface area (Å²) in [5.74, 6) is 0. The maximum absolute atomic E-state index is 12.9. The van der Waals surface area contributed by atoms with Crippen LogP contribution in [0, 0.1) is 13.8 Å². The van der Waals surface area contributed by atoms with Crippen molar-refractivity contribution in [2.45, 2.75) is 49.3 Å². The fraction of sp³-hybridized carbons (Fsp3) is 0.200. The van der Waals surface area contributed by atoms with Gasteiger partial charge in [0.2, 0.25) is 9.84 Å². The number of hydrogen-bond acceptors (Lipinski definition) is 2. The molecule has 0 amide bonds. The van der Waals surface area contributed by atoms with Gasteiger partial charge < -0.3 is 0 Å². The summed E-state index contributed by atoms with van der Waals surface area (Å²) in [4.78, 5) is 0.629. The third kappa shape index (κ3) is 4.51. The number of aryl methyl sites for hydroxylation is 2. The molecule has 1 atom stereocenters. The van der Waals surface area contributed by atoms with Gasteiger partial charge in [0.25, 0.3) is 0 Å². The van der Waals surface area contributed by atoms with Gasteiger partial charge >= 0.3 is 0 Å². The number of hydrogen-bond donors (Lipinski definition) is 0. The van der Waals surface area contributed by atoms with Crippen LogP contribution in [0.4, 0.5) is 0 Å². The first-order valence-electron chi connectivity index (χ1n) is 11.3. The first-order chi connectivity index (χ1) is 15.7. The molecular weight excluding hydrogens is 424 g/mol. The molecule has 2 nitrogen and oxygen atoms in total. The molecule has 4 aromatic carbocycles. The molecule has 168 valence electrons. The highest BCUT2D eigenvalue weighted by Crippen LogP contribution is 2.36. The molecule has 0 heterocycles. The summed E-state index contributed by atoms with van der Waals surface area (Å²) < 4.78 is 25.9. The van der Waals surface area contributed by atoms with Gasteiger partial charge in [-0.3, -0.25) is 0 Å². The molecule has 0 spiro atoms. The fourth-order valence-corrected chi connectivity index (χ4v) is 5.47. The molecule has 0 bridgehead atoms. The van der Waals surface area contributed by atoms with Crippen molar-refractivity contribution in [3.63, 3.8) is 0 Å². The van der Waals surface area contributed by atoms with Crippen LogP contribution in [-0.4, -0.2) is 8.42 Å². The summed E-state index contributed by atoms with van der Waals surface area (Å²) in [6, 6.07) is 31.5. The van der Waals surface area contributed by atoms with E-state index in [4.69, 9.17) is 0 Å². The Morgan fingerprint density at radius 2 is 0.909 bits per heavy atom. The van der Waals surface area contributed by atoms with Gasteiger partial charge in [-0.2, -0.15) is 0 Å². The van der Waals surface area contributed by atoms with E-state index in [0.717, 1.165) is 23.1 Å². The zero-order chi connectivity index (χ0) is 23.6. The van der Waals surface area contributed by atoms with E-state index < -0.39 is 9.84 Å². The molecule has 0 saturated heterocycles. The van der Waals surface area contributed by atoms with E-state index in [-0.39, 0.29) is 5.41 Å². The van der Waals surface area contributed by atoms with Crippen LogP contribution in [0.3, 0.4) is 0 Å². The molecular formula is C30H30O2S. The SMILES string of the molecule is CCC(C)(c1ccc(C)cc1)c1ccc(-c2ccc(S(=O)(=O)c3ccc(C)cc3)cc2)cc1. The Labute approximate surface area is 197 Å². The summed E-state index contributed by atoms with van der Waals surface area (Å²) >= 11 is 0. The molecule has 0 N–H and O–H groups in total. The van der Waals surface area contributed by atoms with Gasteiger partial charge in [-0.05, 0) is 66.8 Å². The summed E-state index contributed by atoms with van der Waals surface area (Å²) in [6.07, 6.45) is 1.00. The minimum atomic E-state index is -3.52. The summed E-state index contributed by atoms with van der Waals surface area (Å²) in [7, 11) is -3.52. The summed E-state index contributed by atoms with van der Waals surface area (Å²) in [5.41, 5.74) is 6.90. The average Bonchev–Trinajstić information content (AvgIpc) is 2.84. The Hall–Kier alpha value is -3.17. The van der Waals surface area contributed by atoms with Gasteiger partial charge in [0.1, 0.15) is 0 Å². The van der Waals surface area contributed by atoms with Crippen LogP contribution in [-0.2, 0) is 15.3 Å². The molecule has 3 heteroatoms. The van der Waals surface area contributed by atoms with Crippen molar-refractivity contribution in [2.24, 2.45) is 0 Å². The molecule has 4 rings (SSSR count).